The molecule has 0 saturated carbocycles. The van der Waals surface area contributed by atoms with E-state index in [0.29, 0.717) is 12.5 Å². The largest absolute Gasteiger partial charge is 0.457 e. The van der Waals surface area contributed by atoms with Crippen LogP contribution >= 0.6 is 0 Å². The molecular formula is C22H23N3O2. The Hall–Kier alpha value is -3.21. The molecule has 27 heavy (non-hydrogen) atoms. The Morgan fingerprint density at radius 3 is 2.70 bits per heavy atom. The third-order valence-electron chi connectivity index (χ3n) is 4.97. The highest BCUT2D eigenvalue weighted by molar-refractivity contribution is 5.91. The summed E-state index contributed by atoms with van der Waals surface area (Å²) >= 11 is 0. The quantitative estimate of drug-likeness (QED) is 0.668. The molecule has 0 radical (unpaired) electrons. The van der Waals surface area contributed by atoms with E-state index in [4.69, 9.17) is 4.74 Å². The fourth-order valence-corrected chi connectivity index (χ4v) is 3.26. The molecule has 1 heterocycles. The molecule has 0 fully saturated rings. The van der Waals surface area contributed by atoms with Crippen molar-refractivity contribution in [3.05, 3.63) is 71.8 Å². The monoisotopic (exact) mass is 361 g/mol. The maximum atomic E-state index is 12.4. The first kappa shape index (κ1) is 17.2. The van der Waals surface area contributed by atoms with Crippen LogP contribution in [0.5, 0.6) is 11.5 Å². The van der Waals surface area contributed by atoms with E-state index in [0.717, 1.165) is 29.0 Å². The van der Waals surface area contributed by atoms with E-state index in [1.807, 2.05) is 48.5 Å². The zero-order valence-electron chi connectivity index (χ0n) is 15.5. The van der Waals surface area contributed by atoms with Gasteiger partial charge in [-0.1, -0.05) is 41.5 Å². The van der Waals surface area contributed by atoms with Crippen LogP contribution in [-0.2, 0) is 0 Å². The molecule has 2 N–H and O–H groups in total. The number of para-hydroxylation sites is 1. The lowest BCUT2D eigenvalue weighted by molar-refractivity contribution is 0.238. The fourth-order valence-electron chi connectivity index (χ4n) is 3.26. The second kappa shape index (κ2) is 7.19. The number of aromatic nitrogens is 2. The van der Waals surface area contributed by atoms with Gasteiger partial charge < -0.3 is 10.1 Å². The number of H-pyrrole nitrogens is 1. The molecule has 4 rings (SSSR count). The Morgan fingerprint density at radius 2 is 1.96 bits per heavy atom. The van der Waals surface area contributed by atoms with Crippen LogP contribution in [0, 0.1) is 5.92 Å². The van der Waals surface area contributed by atoms with E-state index < -0.39 is 0 Å². The van der Waals surface area contributed by atoms with Crippen LogP contribution in [0.4, 0.5) is 4.79 Å². The van der Waals surface area contributed by atoms with Crippen molar-refractivity contribution in [1.29, 1.82) is 0 Å². The van der Waals surface area contributed by atoms with E-state index in [-0.39, 0.29) is 6.03 Å². The van der Waals surface area contributed by atoms with Crippen molar-refractivity contribution in [2.45, 2.75) is 20.3 Å². The number of ether oxygens (including phenoxy) is 1. The molecule has 0 bridgehead atoms. The summed E-state index contributed by atoms with van der Waals surface area (Å²) in [5.41, 5.74) is 4.34. The number of nitrogens with zero attached hydrogens (tertiary/aromatic N) is 1. The van der Waals surface area contributed by atoms with Gasteiger partial charge in [0.15, 0.2) is 0 Å². The molecule has 1 aliphatic rings. The molecular weight excluding hydrogens is 338 g/mol. The second-order valence-corrected chi connectivity index (χ2v) is 6.96. The van der Waals surface area contributed by atoms with Crippen molar-refractivity contribution in [3.8, 4) is 11.5 Å². The molecule has 5 nitrogen and oxygen atoms in total. The lowest BCUT2D eigenvalue weighted by Crippen LogP contribution is -2.35. The molecule has 138 valence electrons. The molecule has 3 aromatic rings. The Bertz CT molecular complexity index is 1020. The molecule has 1 aliphatic carbocycles. The minimum Gasteiger partial charge on any atom is -0.457 e. The summed E-state index contributed by atoms with van der Waals surface area (Å²) in [5, 5.41) is 6.07. The minimum absolute atomic E-state index is 0.142. The van der Waals surface area contributed by atoms with Gasteiger partial charge in [-0.15, -0.1) is 0 Å². The van der Waals surface area contributed by atoms with Crippen LogP contribution in [0.15, 0.2) is 71.8 Å². The van der Waals surface area contributed by atoms with Gasteiger partial charge in [-0.25, -0.2) is 9.48 Å². The second-order valence-electron chi connectivity index (χ2n) is 6.96. The van der Waals surface area contributed by atoms with Crippen molar-refractivity contribution >= 4 is 17.1 Å². The fraction of sp³-hybridized carbons (Fsp3) is 0.227. The highest BCUT2D eigenvalue weighted by atomic mass is 16.5. The SMILES string of the molecule is CC1=CCC(CNC(=O)n2[nH]c3cc(Oc4ccccc4)ccc32)C=C1C. The van der Waals surface area contributed by atoms with E-state index >= 15 is 0 Å². The van der Waals surface area contributed by atoms with Gasteiger partial charge in [-0.2, -0.15) is 0 Å². The number of allylic oxidation sites excluding steroid dienone is 3. The lowest BCUT2D eigenvalue weighted by atomic mass is 9.92. The topological polar surface area (TPSA) is 59.0 Å². The minimum atomic E-state index is -0.142. The zero-order valence-corrected chi connectivity index (χ0v) is 15.5. The normalized spacial score (nSPS) is 16.7. The highest BCUT2D eigenvalue weighted by Gasteiger charge is 2.16. The van der Waals surface area contributed by atoms with Gasteiger partial charge in [0.1, 0.15) is 11.5 Å². The number of amides is 1. The van der Waals surface area contributed by atoms with Gasteiger partial charge >= 0.3 is 6.03 Å². The Balaban J connectivity index is 1.39. The summed E-state index contributed by atoms with van der Waals surface area (Å²) < 4.78 is 7.35. The molecule has 0 aliphatic heterocycles. The smallest absolute Gasteiger partial charge is 0.340 e. The zero-order chi connectivity index (χ0) is 18.8. The molecule has 0 saturated heterocycles. The van der Waals surface area contributed by atoms with Crippen LogP contribution in [0.1, 0.15) is 20.3 Å². The predicted molar refractivity (Wildman–Crippen MR) is 107 cm³/mol. The number of nitrogens with one attached hydrogen (secondary N) is 2. The van der Waals surface area contributed by atoms with Crippen LogP contribution in [0.2, 0.25) is 0 Å². The van der Waals surface area contributed by atoms with E-state index in [9.17, 15) is 4.79 Å². The number of benzene rings is 2. The first-order valence-corrected chi connectivity index (χ1v) is 9.17. The summed E-state index contributed by atoms with van der Waals surface area (Å²) in [5.74, 6) is 1.86. The van der Waals surface area contributed by atoms with Crippen molar-refractivity contribution in [2.75, 3.05) is 6.54 Å². The molecule has 1 amide bonds. The van der Waals surface area contributed by atoms with E-state index in [1.165, 1.54) is 15.8 Å². The lowest BCUT2D eigenvalue weighted by Gasteiger charge is -2.21. The predicted octanol–water partition coefficient (Wildman–Crippen LogP) is 5.23. The Kier molecular flexibility index (Phi) is 4.59. The van der Waals surface area contributed by atoms with Gasteiger partial charge in [0.05, 0.1) is 11.0 Å². The van der Waals surface area contributed by atoms with Crippen molar-refractivity contribution < 1.29 is 9.53 Å². The molecule has 1 unspecified atom stereocenters. The van der Waals surface area contributed by atoms with E-state index in [1.54, 1.807) is 0 Å². The van der Waals surface area contributed by atoms with Crippen LogP contribution in [0.25, 0.3) is 11.0 Å². The van der Waals surface area contributed by atoms with Crippen LogP contribution in [-0.4, -0.2) is 22.4 Å². The number of hydrogen-bond acceptors (Lipinski definition) is 2. The highest BCUT2D eigenvalue weighted by Crippen LogP contribution is 2.26. The number of carbonyl (C=O) groups is 1. The third-order valence-corrected chi connectivity index (χ3v) is 4.97. The maximum Gasteiger partial charge on any atom is 0.340 e. The molecule has 2 aromatic carbocycles. The summed E-state index contributed by atoms with van der Waals surface area (Å²) in [6.45, 7) is 4.86. The maximum absolute atomic E-state index is 12.4. The first-order valence-electron chi connectivity index (χ1n) is 9.17. The van der Waals surface area contributed by atoms with Crippen molar-refractivity contribution in [3.63, 3.8) is 0 Å². The number of fused-ring (bicyclic) bond motifs is 1. The Labute approximate surface area is 158 Å². The Morgan fingerprint density at radius 1 is 1.15 bits per heavy atom. The van der Waals surface area contributed by atoms with Gasteiger partial charge in [-0.05, 0) is 50.5 Å². The number of carbonyl (C=O) groups excluding carboxylic acids is 1. The van der Waals surface area contributed by atoms with Gasteiger partial charge in [0.25, 0.3) is 0 Å². The average molecular weight is 361 g/mol. The van der Waals surface area contributed by atoms with Crippen molar-refractivity contribution in [1.82, 2.24) is 15.1 Å². The third kappa shape index (κ3) is 3.67. The molecule has 5 heteroatoms. The van der Waals surface area contributed by atoms with Crippen LogP contribution < -0.4 is 10.1 Å². The van der Waals surface area contributed by atoms with Crippen LogP contribution in [0.3, 0.4) is 0 Å². The van der Waals surface area contributed by atoms with E-state index in [2.05, 4.69) is 36.4 Å². The summed E-state index contributed by atoms with van der Waals surface area (Å²) in [6.07, 6.45) is 5.44. The van der Waals surface area contributed by atoms with Gasteiger partial charge in [-0.3, -0.25) is 5.10 Å². The number of rotatable bonds is 4. The molecule has 1 aromatic heterocycles. The standard InChI is InChI=1S/C22H23N3O2/c1-15-8-9-17(12-16(15)2)14-23-22(26)25-21-11-10-19(13-20(21)24-25)27-18-6-4-3-5-7-18/h3-8,10-13,17,24H,9,14H2,1-2H3,(H,23,26). The van der Waals surface area contributed by atoms with Crippen molar-refractivity contribution in [2.24, 2.45) is 5.92 Å². The average Bonchev–Trinajstić information content (AvgIpc) is 2.65. The molecule has 1 atom stereocenters. The summed E-state index contributed by atoms with van der Waals surface area (Å²) in [7, 11) is 0. The molecule has 0 spiro atoms. The summed E-state index contributed by atoms with van der Waals surface area (Å²) in [6, 6.07) is 15.1. The summed E-state index contributed by atoms with van der Waals surface area (Å²) in [4.78, 5) is 12.4. The first-order chi connectivity index (χ1) is 13.1. The van der Waals surface area contributed by atoms with Gasteiger partial charge in [0, 0.05) is 12.6 Å². The number of hydrogen-bond donors (Lipinski definition) is 2. The van der Waals surface area contributed by atoms with Gasteiger partial charge in [0.2, 0.25) is 0 Å². The number of aromatic amines is 1.